The van der Waals surface area contributed by atoms with Gasteiger partial charge in [0.25, 0.3) is 0 Å². The number of nitriles is 1. The van der Waals surface area contributed by atoms with Crippen LogP contribution in [-0.2, 0) is 0 Å². The molecule has 17 heavy (non-hydrogen) atoms. The number of nitrogens with one attached hydrogen (secondary N) is 1. The van der Waals surface area contributed by atoms with Crippen molar-refractivity contribution < 1.29 is 0 Å². The van der Waals surface area contributed by atoms with Crippen LogP contribution in [0.5, 0.6) is 0 Å². The van der Waals surface area contributed by atoms with E-state index in [4.69, 9.17) is 0 Å². The molecular formula is C14H27N3. The number of hydrogen-bond donors (Lipinski definition) is 1. The maximum atomic E-state index is 9.35. The highest BCUT2D eigenvalue weighted by molar-refractivity contribution is 5.06. The van der Waals surface area contributed by atoms with Gasteiger partial charge in [-0.3, -0.25) is 5.32 Å². The fourth-order valence-electron chi connectivity index (χ4n) is 2.85. The van der Waals surface area contributed by atoms with Gasteiger partial charge in [0.15, 0.2) is 0 Å². The highest BCUT2D eigenvalue weighted by Crippen LogP contribution is 2.20. The minimum atomic E-state index is -0.398. The summed E-state index contributed by atoms with van der Waals surface area (Å²) in [6.07, 6.45) is 4.89. The third-order valence-corrected chi connectivity index (χ3v) is 3.57. The highest BCUT2D eigenvalue weighted by Gasteiger charge is 2.29. The van der Waals surface area contributed by atoms with E-state index in [1.54, 1.807) is 0 Å². The zero-order chi connectivity index (χ0) is 12.9. The van der Waals surface area contributed by atoms with E-state index in [9.17, 15) is 5.26 Å². The summed E-state index contributed by atoms with van der Waals surface area (Å²) in [5.74, 6) is 0. The van der Waals surface area contributed by atoms with Gasteiger partial charge in [-0.2, -0.15) is 5.26 Å². The van der Waals surface area contributed by atoms with Gasteiger partial charge in [0.2, 0.25) is 0 Å². The molecule has 0 aliphatic carbocycles. The Hall–Kier alpha value is -0.590. The van der Waals surface area contributed by atoms with Crippen LogP contribution in [0.2, 0.25) is 0 Å². The lowest BCUT2D eigenvalue weighted by Crippen LogP contribution is -2.50. The molecule has 0 aromatic rings. The fraction of sp³-hybridized carbons (Fsp3) is 0.929. The monoisotopic (exact) mass is 237 g/mol. The first kappa shape index (κ1) is 14.5. The number of likely N-dealkylation sites (tertiary alicyclic amines) is 1. The van der Waals surface area contributed by atoms with Crippen molar-refractivity contribution in [3.63, 3.8) is 0 Å². The van der Waals surface area contributed by atoms with E-state index in [0.717, 1.165) is 6.42 Å². The molecule has 1 fully saturated rings. The van der Waals surface area contributed by atoms with Crippen molar-refractivity contribution in [1.82, 2.24) is 10.2 Å². The van der Waals surface area contributed by atoms with Gasteiger partial charge < -0.3 is 4.90 Å². The van der Waals surface area contributed by atoms with Gasteiger partial charge in [-0.05, 0) is 60.0 Å². The Balaban J connectivity index is 2.52. The second-order valence-corrected chi connectivity index (χ2v) is 5.89. The van der Waals surface area contributed by atoms with Crippen LogP contribution in [-0.4, -0.2) is 35.6 Å². The molecule has 2 unspecified atom stereocenters. The summed E-state index contributed by atoms with van der Waals surface area (Å²) in [6, 6.07) is 3.29. The number of rotatable bonds is 5. The first-order valence-corrected chi connectivity index (χ1v) is 6.90. The Labute approximate surface area is 106 Å². The molecule has 0 spiro atoms. The minimum Gasteiger partial charge on any atom is -0.301 e. The Morgan fingerprint density at radius 1 is 1.24 bits per heavy atom. The van der Waals surface area contributed by atoms with Gasteiger partial charge in [0, 0.05) is 12.1 Å². The molecule has 1 aliphatic rings. The smallest absolute Gasteiger partial charge is 0.105 e. The van der Waals surface area contributed by atoms with E-state index < -0.39 is 5.54 Å². The van der Waals surface area contributed by atoms with Gasteiger partial charge in [0.05, 0.1) is 6.07 Å². The van der Waals surface area contributed by atoms with E-state index in [2.05, 4.69) is 37.1 Å². The van der Waals surface area contributed by atoms with Gasteiger partial charge in [-0.15, -0.1) is 0 Å². The first-order chi connectivity index (χ1) is 7.97. The molecule has 1 aliphatic heterocycles. The molecule has 1 N–H and O–H groups in total. The van der Waals surface area contributed by atoms with Gasteiger partial charge >= 0.3 is 0 Å². The Bertz CT molecular complexity index is 263. The molecule has 0 saturated carbocycles. The summed E-state index contributed by atoms with van der Waals surface area (Å²) < 4.78 is 0. The third-order valence-electron chi connectivity index (χ3n) is 3.57. The van der Waals surface area contributed by atoms with Gasteiger partial charge in [-0.25, -0.2) is 0 Å². The average Bonchev–Trinajstić information content (AvgIpc) is 2.29. The quantitative estimate of drug-likeness (QED) is 0.798. The van der Waals surface area contributed by atoms with Crippen molar-refractivity contribution >= 4 is 0 Å². The van der Waals surface area contributed by atoms with E-state index in [1.807, 2.05) is 6.92 Å². The largest absolute Gasteiger partial charge is 0.301 e. The van der Waals surface area contributed by atoms with Crippen LogP contribution >= 0.6 is 0 Å². The first-order valence-electron chi connectivity index (χ1n) is 6.90. The maximum absolute atomic E-state index is 9.35. The zero-order valence-corrected chi connectivity index (χ0v) is 11.8. The summed E-state index contributed by atoms with van der Waals surface area (Å²) in [4.78, 5) is 2.53. The molecule has 0 aromatic heterocycles. The summed E-state index contributed by atoms with van der Waals surface area (Å²) in [6.45, 7) is 10.9. The zero-order valence-electron chi connectivity index (χ0n) is 11.8. The molecule has 1 saturated heterocycles. The van der Waals surface area contributed by atoms with Crippen LogP contribution in [0.15, 0.2) is 0 Å². The van der Waals surface area contributed by atoms with Crippen molar-refractivity contribution in [3.05, 3.63) is 0 Å². The summed E-state index contributed by atoms with van der Waals surface area (Å²) in [5, 5.41) is 12.7. The normalized spacial score (nSPS) is 23.1. The molecule has 0 amide bonds. The van der Waals surface area contributed by atoms with Crippen molar-refractivity contribution in [3.8, 4) is 6.07 Å². The number of nitrogens with zero attached hydrogens (tertiary/aromatic N) is 2. The molecular weight excluding hydrogens is 210 g/mol. The number of hydrogen-bond acceptors (Lipinski definition) is 3. The fourth-order valence-corrected chi connectivity index (χ4v) is 2.85. The van der Waals surface area contributed by atoms with Gasteiger partial charge in [0.1, 0.15) is 5.54 Å². The second kappa shape index (κ2) is 6.37. The lowest BCUT2D eigenvalue weighted by molar-refractivity contribution is 0.147. The number of piperidine rings is 1. The van der Waals surface area contributed by atoms with E-state index in [-0.39, 0.29) is 0 Å². The van der Waals surface area contributed by atoms with Gasteiger partial charge in [-0.1, -0.05) is 6.42 Å². The Morgan fingerprint density at radius 3 is 2.29 bits per heavy atom. The molecule has 0 aromatic carbocycles. The highest BCUT2D eigenvalue weighted by atomic mass is 15.2. The van der Waals surface area contributed by atoms with Crippen molar-refractivity contribution in [1.29, 1.82) is 5.26 Å². The standard InChI is InChI=1S/C14H27N3/c1-12(2)16-14(4,11-15)10-13(3)17-8-6-5-7-9-17/h12-13,16H,5-10H2,1-4H3. The Kier molecular flexibility index (Phi) is 5.42. The molecule has 1 rings (SSSR count). The van der Waals surface area contributed by atoms with E-state index >= 15 is 0 Å². The van der Waals surface area contributed by atoms with Crippen LogP contribution < -0.4 is 5.32 Å². The van der Waals surface area contributed by atoms with Crippen LogP contribution in [0.1, 0.15) is 53.4 Å². The minimum absolute atomic E-state index is 0.355. The molecule has 2 atom stereocenters. The van der Waals surface area contributed by atoms with Crippen molar-refractivity contribution in [2.24, 2.45) is 0 Å². The molecule has 98 valence electrons. The van der Waals surface area contributed by atoms with E-state index in [0.29, 0.717) is 12.1 Å². The second-order valence-electron chi connectivity index (χ2n) is 5.89. The summed E-state index contributed by atoms with van der Waals surface area (Å²) >= 11 is 0. The molecule has 1 heterocycles. The lowest BCUT2D eigenvalue weighted by atomic mass is 9.92. The lowest BCUT2D eigenvalue weighted by Gasteiger charge is -2.37. The van der Waals surface area contributed by atoms with Crippen LogP contribution in [0.4, 0.5) is 0 Å². The predicted octanol–water partition coefficient (Wildman–Crippen LogP) is 2.53. The van der Waals surface area contributed by atoms with E-state index in [1.165, 1.54) is 32.4 Å². The Morgan fingerprint density at radius 2 is 1.82 bits per heavy atom. The topological polar surface area (TPSA) is 39.1 Å². The van der Waals surface area contributed by atoms with Crippen molar-refractivity contribution in [2.45, 2.75) is 71.0 Å². The SMILES string of the molecule is CC(C)NC(C)(C#N)CC(C)N1CCCCC1. The average molecular weight is 237 g/mol. The summed E-state index contributed by atoms with van der Waals surface area (Å²) in [5.41, 5.74) is -0.398. The van der Waals surface area contributed by atoms with Crippen LogP contribution in [0.3, 0.4) is 0 Å². The third kappa shape index (κ3) is 4.65. The maximum Gasteiger partial charge on any atom is 0.105 e. The van der Waals surface area contributed by atoms with Crippen molar-refractivity contribution in [2.75, 3.05) is 13.1 Å². The molecule has 0 radical (unpaired) electrons. The van der Waals surface area contributed by atoms with Crippen LogP contribution in [0.25, 0.3) is 0 Å². The molecule has 3 nitrogen and oxygen atoms in total. The van der Waals surface area contributed by atoms with Crippen LogP contribution in [0, 0.1) is 11.3 Å². The molecule has 0 bridgehead atoms. The predicted molar refractivity (Wildman–Crippen MR) is 71.8 cm³/mol. The molecule has 3 heteroatoms. The summed E-state index contributed by atoms with van der Waals surface area (Å²) in [7, 11) is 0.